The Morgan fingerprint density at radius 1 is 0.941 bits per heavy atom. The van der Waals surface area contributed by atoms with Crippen LogP contribution in [0.1, 0.15) is 48.7 Å². The summed E-state index contributed by atoms with van der Waals surface area (Å²) in [5, 5.41) is 52.5. The largest absolute Gasteiger partial charge is 0.400 e. The first-order valence-corrected chi connectivity index (χ1v) is 12.8. The average Bonchev–Trinajstić information content (AvgIpc) is 2.85. The number of benzene rings is 1. The molecule has 12 heteroatoms. The van der Waals surface area contributed by atoms with Gasteiger partial charge in [0, 0.05) is 41.5 Å². The number of hydrogen-bond donors (Lipinski definition) is 8. The zero-order valence-electron chi connectivity index (χ0n) is 20.2. The molecule has 10 nitrogen and oxygen atoms in total. The molecule has 0 fully saturated rings. The van der Waals surface area contributed by atoms with E-state index in [0.29, 0.717) is 35.2 Å². The van der Waals surface area contributed by atoms with Gasteiger partial charge in [-0.05, 0) is 57.7 Å². The summed E-state index contributed by atoms with van der Waals surface area (Å²) in [5.41, 5.74) is 2.45. The van der Waals surface area contributed by atoms with Gasteiger partial charge >= 0.3 is 0 Å². The monoisotopic (exact) mass is 709 g/mol. The minimum Gasteiger partial charge on any atom is -0.400 e. The van der Waals surface area contributed by atoms with Crippen LogP contribution in [-0.2, 0) is 4.79 Å². The Morgan fingerprint density at radius 3 is 1.85 bits per heavy atom. The minimum atomic E-state index is -1.09. The highest BCUT2D eigenvalue weighted by Crippen LogP contribution is 2.36. The lowest BCUT2D eigenvalue weighted by molar-refractivity contribution is -0.115. The van der Waals surface area contributed by atoms with Gasteiger partial charge < -0.3 is 41.5 Å². The maximum absolute atomic E-state index is 12.9. The van der Waals surface area contributed by atoms with Crippen molar-refractivity contribution < 1.29 is 35.1 Å². The Labute approximate surface area is 228 Å². The van der Waals surface area contributed by atoms with Gasteiger partial charge in [0.1, 0.15) is 0 Å². The van der Waals surface area contributed by atoms with Crippen molar-refractivity contribution in [3.63, 3.8) is 0 Å². The van der Waals surface area contributed by atoms with Gasteiger partial charge in [-0.25, -0.2) is 0 Å². The highest BCUT2D eigenvalue weighted by molar-refractivity contribution is 14.1. The fourth-order valence-electron chi connectivity index (χ4n) is 2.49. The molecule has 0 aliphatic carbocycles. The fourth-order valence-corrected chi connectivity index (χ4v) is 5.31. The van der Waals surface area contributed by atoms with Crippen molar-refractivity contribution in [1.29, 1.82) is 0 Å². The lowest BCUT2D eigenvalue weighted by Crippen LogP contribution is -2.35. The van der Waals surface area contributed by atoms with Crippen LogP contribution in [0.4, 0.5) is 5.69 Å². The lowest BCUT2D eigenvalue weighted by atomic mass is 9.99. The summed E-state index contributed by atoms with van der Waals surface area (Å²) >= 11 is 4.00. The Kier molecular flexibility index (Phi) is 19.8. The van der Waals surface area contributed by atoms with Crippen LogP contribution in [0.5, 0.6) is 0 Å². The molecule has 34 heavy (non-hydrogen) atoms. The zero-order valence-corrected chi connectivity index (χ0v) is 24.5. The van der Waals surface area contributed by atoms with E-state index in [-0.39, 0.29) is 25.4 Å². The van der Waals surface area contributed by atoms with E-state index in [1.165, 1.54) is 0 Å². The number of hydrogen-bond acceptors (Lipinski definition) is 8. The molecule has 0 aliphatic rings. The lowest BCUT2D eigenvalue weighted by Gasteiger charge is -2.23. The molecular formula is C22H37I2N3O7. The second-order valence-corrected chi connectivity index (χ2v) is 8.68. The Balaban J connectivity index is 0. The van der Waals surface area contributed by atoms with Crippen LogP contribution in [0.15, 0.2) is 6.58 Å². The van der Waals surface area contributed by atoms with Gasteiger partial charge in [0.2, 0.25) is 5.91 Å². The number of halogens is 2. The summed E-state index contributed by atoms with van der Waals surface area (Å²) in [5.74, 6) is -0.702. The average molecular weight is 709 g/mol. The van der Waals surface area contributed by atoms with E-state index in [9.17, 15) is 19.8 Å². The molecule has 0 spiro atoms. The van der Waals surface area contributed by atoms with Crippen LogP contribution in [0.2, 0.25) is 0 Å². The van der Waals surface area contributed by atoms with Crippen LogP contribution in [0.3, 0.4) is 0 Å². The summed E-state index contributed by atoms with van der Waals surface area (Å²) in [7, 11) is 1.00. The third-order valence-corrected chi connectivity index (χ3v) is 6.37. The molecule has 0 aliphatic heterocycles. The Bertz CT molecular complexity index is 754. The van der Waals surface area contributed by atoms with E-state index in [1.807, 2.05) is 59.0 Å². The Morgan fingerprint density at radius 2 is 1.41 bits per heavy atom. The summed E-state index contributed by atoms with van der Waals surface area (Å²) in [6.07, 6.45) is -1.82. The number of amides is 2. The smallest absolute Gasteiger partial charge is 0.253 e. The molecule has 8 N–H and O–H groups in total. The maximum atomic E-state index is 12.9. The molecule has 0 heterocycles. The minimum absolute atomic E-state index is 0.0533. The van der Waals surface area contributed by atoms with Crippen molar-refractivity contribution in [2.45, 2.75) is 46.3 Å². The second kappa shape index (κ2) is 19.2. The number of nitrogens with one attached hydrogen (secondary N) is 3. The highest BCUT2D eigenvalue weighted by atomic mass is 127. The molecule has 1 rings (SSSR count). The first kappa shape index (κ1) is 35.1. The van der Waals surface area contributed by atoms with E-state index in [0.717, 1.165) is 7.11 Å². The van der Waals surface area contributed by atoms with Crippen molar-refractivity contribution in [3.8, 4) is 0 Å². The standard InChI is InChI=1S/C19H27I2N3O6.C2H6.CH4O/c1-4-13(29)24-18-9(2)14(10(3)22-5-11(27)7-25)16(20)15(17(18)21)19(30)23-6-12(28)8-26;2*1-2/h11-12,22,25-28H,3-8H2,1-2H3,(H,23,30)(H,24,29);1-2H3;2H,1H3. The van der Waals surface area contributed by atoms with E-state index in [4.69, 9.17) is 15.3 Å². The molecule has 0 saturated heterocycles. The molecule has 0 bridgehead atoms. The van der Waals surface area contributed by atoms with Crippen LogP contribution >= 0.6 is 45.2 Å². The van der Waals surface area contributed by atoms with Gasteiger partial charge in [0.25, 0.3) is 5.91 Å². The number of aliphatic hydroxyl groups is 5. The van der Waals surface area contributed by atoms with Crippen LogP contribution in [0, 0.1) is 14.1 Å². The third-order valence-electron chi connectivity index (χ3n) is 4.21. The zero-order chi connectivity index (χ0) is 27.0. The first-order valence-electron chi connectivity index (χ1n) is 10.6. The van der Waals surface area contributed by atoms with Gasteiger partial charge in [0.15, 0.2) is 0 Å². The SMILES string of the molecule is C=C(NCC(O)CO)c1c(C)c(NC(=O)CC)c(I)c(C(=O)NCC(O)CO)c1I.CC.CO. The molecule has 1 aromatic carbocycles. The summed E-state index contributed by atoms with van der Waals surface area (Å²) in [4.78, 5) is 24.9. The van der Waals surface area contributed by atoms with Gasteiger partial charge in [-0.3, -0.25) is 9.59 Å². The van der Waals surface area contributed by atoms with Gasteiger partial charge in [-0.2, -0.15) is 0 Å². The van der Waals surface area contributed by atoms with E-state index >= 15 is 0 Å². The number of rotatable bonds is 11. The van der Waals surface area contributed by atoms with Gasteiger partial charge in [-0.15, -0.1) is 0 Å². The number of anilines is 1. The van der Waals surface area contributed by atoms with Gasteiger partial charge in [-0.1, -0.05) is 27.4 Å². The highest BCUT2D eigenvalue weighted by Gasteiger charge is 2.26. The number of aliphatic hydroxyl groups excluding tert-OH is 5. The molecule has 0 radical (unpaired) electrons. The van der Waals surface area contributed by atoms with Gasteiger partial charge in [0.05, 0.1) is 40.2 Å². The third kappa shape index (κ3) is 10.7. The fraction of sp³-hybridized carbons (Fsp3) is 0.545. The van der Waals surface area contributed by atoms with Crippen molar-refractivity contribution >= 4 is 68.4 Å². The molecule has 2 amide bonds. The second-order valence-electron chi connectivity index (χ2n) is 6.52. The van der Waals surface area contributed by atoms with Crippen molar-refractivity contribution in [1.82, 2.24) is 10.6 Å². The summed E-state index contributed by atoms with van der Waals surface area (Å²) < 4.78 is 1.09. The molecule has 0 saturated carbocycles. The predicted octanol–water partition coefficient (Wildman–Crippen LogP) is 1.18. The van der Waals surface area contributed by atoms with Crippen molar-refractivity contribution in [2.24, 2.45) is 0 Å². The van der Waals surface area contributed by atoms with Crippen LogP contribution in [-0.4, -0.2) is 83.0 Å². The molecule has 0 aromatic heterocycles. The molecule has 196 valence electrons. The maximum Gasteiger partial charge on any atom is 0.253 e. The van der Waals surface area contributed by atoms with Crippen LogP contribution < -0.4 is 16.0 Å². The number of carbonyl (C=O) groups is 2. The van der Waals surface area contributed by atoms with E-state index < -0.39 is 31.3 Å². The first-order chi connectivity index (χ1) is 16.1. The summed E-state index contributed by atoms with van der Waals surface area (Å²) in [6, 6.07) is 0. The van der Waals surface area contributed by atoms with Crippen molar-refractivity contribution in [2.75, 3.05) is 38.7 Å². The molecular weight excluding hydrogens is 672 g/mol. The molecule has 2 atom stereocenters. The van der Waals surface area contributed by atoms with Crippen molar-refractivity contribution in [3.05, 3.63) is 30.4 Å². The van der Waals surface area contributed by atoms with E-state index in [1.54, 1.807) is 13.8 Å². The quantitative estimate of drug-likeness (QED) is 0.159. The number of carbonyl (C=O) groups excluding carboxylic acids is 2. The Hall–Kier alpha value is -1.04. The molecule has 2 unspecified atom stereocenters. The van der Waals surface area contributed by atoms with E-state index in [2.05, 4.69) is 22.5 Å². The topological polar surface area (TPSA) is 171 Å². The normalized spacial score (nSPS) is 11.6. The molecule has 1 aromatic rings. The predicted molar refractivity (Wildman–Crippen MR) is 151 cm³/mol. The van der Waals surface area contributed by atoms with Crippen LogP contribution in [0.25, 0.3) is 5.70 Å². The summed E-state index contributed by atoms with van der Waals surface area (Å²) in [6.45, 7) is 10.5.